The number of halogens is 2. The molecule has 4 fully saturated rings. The third kappa shape index (κ3) is 7.12. The van der Waals surface area contributed by atoms with Crippen molar-refractivity contribution in [2.75, 3.05) is 26.2 Å². The fourth-order valence-electron chi connectivity index (χ4n) is 10.4. The Morgan fingerprint density at radius 3 is 2.50 bits per heavy atom. The smallest absolute Gasteiger partial charge is 0.193 e. The van der Waals surface area contributed by atoms with Gasteiger partial charge in [0.15, 0.2) is 17.4 Å². The number of carbonyl (C=O) groups is 1. The van der Waals surface area contributed by atoms with E-state index in [1.807, 2.05) is 12.1 Å². The molecule has 8 rings (SSSR count). The lowest BCUT2D eigenvalue weighted by Gasteiger charge is -2.61. The summed E-state index contributed by atoms with van der Waals surface area (Å²) in [7, 11) is 0. The normalized spacial score (nSPS) is 32.9. The van der Waals surface area contributed by atoms with Gasteiger partial charge in [-0.2, -0.15) is 0 Å². The van der Waals surface area contributed by atoms with Gasteiger partial charge in [-0.3, -0.25) is 9.69 Å². The Balaban J connectivity index is 1.39. The molecule has 6 nitrogen and oxygen atoms in total. The average molecular weight is 694 g/mol. The van der Waals surface area contributed by atoms with Crippen molar-refractivity contribution in [3.63, 3.8) is 0 Å². The van der Waals surface area contributed by atoms with Gasteiger partial charge in [0.25, 0.3) is 0 Å². The number of benzene rings is 2. The molecule has 50 heavy (non-hydrogen) atoms. The molecular formula is C42H57F2NO5. The van der Waals surface area contributed by atoms with Crippen LogP contribution in [0, 0.1) is 40.2 Å². The molecule has 6 aliphatic carbocycles. The number of aliphatic hydroxyl groups excluding tert-OH is 3. The van der Waals surface area contributed by atoms with Gasteiger partial charge in [-0.25, -0.2) is 8.78 Å². The third-order valence-electron chi connectivity index (χ3n) is 13.8. The van der Waals surface area contributed by atoms with E-state index in [9.17, 15) is 34.0 Å². The number of rotatable bonds is 9. The second-order valence-electron chi connectivity index (χ2n) is 17.1. The van der Waals surface area contributed by atoms with Gasteiger partial charge in [0.2, 0.25) is 0 Å². The molecule has 4 bridgehead atoms. The molecule has 0 aromatic heterocycles. The summed E-state index contributed by atoms with van der Waals surface area (Å²) in [5.41, 5.74) is 1.63. The molecular weight excluding hydrogens is 636 g/mol. The van der Waals surface area contributed by atoms with Crippen molar-refractivity contribution in [3.8, 4) is 0 Å². The maximum atomic E-state index is 14.4. The van der Waals surface area contributed by atoms with Gasteiger partial charge in [0.05, 0.1) is 24.4 Å². The number of aliphatic hydroxyl groups is 4. The van der Waals surface area contributed by atoms with Crippen molar-refractivity contribution >= 4 is 5.78 Å². The van der Waals surface area contributed by atoms with Gasteiger partial charge in [0, 0.05) is 36.2 Å². The Bertz CT molecular complexity index is 1590. The third-order valence-corrected chi connectivity index (χ3v) is 13.8. The van der Waals surface area contributed by atoms with Gasteiger partial charge in [-0.1, -0.05) is 44.6 Å². The Morgan fingerprint density at radius 1 is 1.02 bits per heavy atom. The first-order valence-corrected chi connectivity index (χ1v) is 18.8. The summed E-state index contributed by atoms with van der Waals surface area (Å²) >= 11 is 0. The highest BCUT2D eigenvalue weighted by Crippen LogP contribution is 2.62. The summed E-state index contributed by atoms with van der Waals surface area (Å²) in [6.07, 6.45) is 8.37. The maximum Gasteiger partial charge on any atom is 0.193 e. The minimum Gasteiger partial charge on any atom is -0.394 e. The van der Waals surface area contributed by atoms with Crippen molar-refractivity contribution in [2.45, 2.75) is 116 Å². The fraction of sp³-hybridized carbons (Fsp3) is 0.643. The van der Waals surface area contributed by atoms with E-state index in [2.05, 4.69) is 38.7 Å². The zero-order valence-electron chi connectivity index (χ0n) is 30.3. The lowest BCUT2D eigenvalue weighted by molar-refractivity contribution is -0.126. The molecule has 4 N–H and O–H groups in total. The topological polar surface area (TPSA) is 101 Å². The molecule has 4 saturated carbocycles. The monoisotopic (exact) mass is 693 g/mol. The molecule has 274 valence electrons. The van der Waals surface area contributed by atoms with Crippen LogP contribution in [0.5, 0.6) is 0 Å². The highest BCUT2D eigenvalue weighted by Gasteiger charge is 2.58. The number of hydrogen-bond acceptors (Lipinski definition) is 6. The highest BCUT2D eigenvalue weighted by molar-refractivity contribution is 6.10. The van der Waals surface area contributed by atoms with E-state index in [0.717, 1.165) is 48.6 Å². The standard InChI is InChI=1S/C42H57F2NO5/c1-26-6-5-16-41(4)35(15-17-42(41,50)25-45(23-32(48)24-46)22-29-9-11-30-21-36(29)40(30,2)3)33-13-8-27(18-31(47)12-7-26)19-34(33)39(49)28-10-14-37(43)38(44)20-28/h6,8,10,13-14,19-20,29-32,35-36,46-48,50H,5,7,9,11-12,15-18,21-25H2,1-4H3/t29-,30-,31-,32-,35-,36-,41-,42+/m0/s1. The van der Waals surface area contributed by atoms with Crippen molar-refractivity contribution in [1.82, 2.24) is 4.90 Å². The number of allylic oxidation sites excluding steroid dienone is 2. The van der Waals surface area contributed by atoms with Crippen LogP contribution in [0.4, 0.5) is 8.78 Å². The van der Waals surface area contributed by atoms with E-state index in [1.165, 1.54) is 24.5 Å². The van der Waals surface area contributed by atoms with Crippen LogP contribution in [-0.2, 0) is 6.42 Å². The molecule has 0 unspecified atom stereocenters. The van der Waals surface area contributed by atoms with Crippen LogP contribution in [0.1, 0.15) is 118 Å². The Hall–Kier alpha value is -2.49. The van der Waals surface area contributed by atoms with Crippen LogP contribution in [-0.4, -0.2) is 75.2 Å². The molecule has 8 heteroatoms. The summed E-state index contributed by atoms with van der Waals surface area (Å²) in [5, 5.41) is 44.5. The molecule has 6 aliphatic rings. The minimum atomic E-state index is -1.17. The van der Waals surface area contributed by atoms with Crippen LogP contribution < -0.4 is 0 Å². The Kier molecular flexibility index (Phi) is 10.8. The summed E-state index contributed by atoms with van der Waals surface area (Å²) < 4.78 is 28.3. The zero-order valence-corrected chi connectivity index (χ0v) is 30.3. The largest absolute Gasteiger partial charge is 0.394 e. The summed E-state index contributed by atoms with van der Waals surface area (Å²) in [6, 6.07) is 8.93. The van der Waals surface area contributed by atoms with Crippen LogP contribution >= 0.6 is 0 Å². The first-order chi connectivity index (χ1) is 23.6. The fourth-order valence-corrected chi connectivity index (χ4v) is 10.4. The predicted molar refractivity (Wildman–Crippen MR) is 191 cm³/mol. The molecule has 8 atom stereocenters. The number of nitrogens with zero attached hydrogens (tertiary/aromatic N) is 1. The molecule has 0 spiro atoms. The number of ketones is 1. The summed E-state index contributed by atoms with van der Waals surface area (Å²) in [5.74, 6) is -0.932. The summed E-state index contributed by atoms with van der Waals surface area (Å²) in [6.45, 7) is 9.96. The molecule has 0 heterocycles. The average Bonchev–Trinajstić information content (AvgIpc) is 3.33. The maximum absolute atomic E-state index is 14.4. The van der Waals surface area contributed by atoms with Crippen molar-refractivity contribution < 1.29 is 34.0 Å². The zero-order chi connectivity index (χ0) is 36.0. The first kappa shape index (κ1) is 37.3. The van der Waals surface area contributed by atoms with E-state index in [-0.39, 0.29) is 24.6 Å². The highest BCUT2D eigenvalue weighted by atomic mass is 19.2. The van der Waals surface area contributed by atoms with Crippen molar-refractivity contribution in [2.24, 2.45) is 28.6 Å². The Labute approximate surface area is 296 Å². The van der Waals surface area contributed by atoms with E-state index < -0.39 is 40.6 Å². The molecule has 0 radical (unpaired) electrons. The number of fused-ring (bicyclic) bond motifs is 10. The second kappa shape index (κ2) is 14.5. The lowest BCUT2D eigenvalue weighted by Crippen LogP contribution is -2.58. The lowest BCUT2D eigenvalue weighted by atomic mass is 9.45. The van der Waals surface area contributed by atoms with Gasteiger partial charge in [0.1, 0.15) is 0 Å². The van der Waals surface area contributed by atoms with E-state index in [0.29, 0.717) is 67.9 Å². The SMILES string of the molecule is CC1=CCC[C@@]2(C)[C@@H](CC[C@@]2(O)CN(C[C@H](O)CO)C[C@@H]2CC[C@H]3C[C@@H]2C3(C)C)c2ccc(cc2C(=O)c2ccc(F)c(F)c2)C[C@@H](O)CC1. The van der Waals surface area contributed by atoms with E-state index >= 15 is 0 Å². The first-order valence-electron chi connectivity index (χ1n) is 18.8. The second-order valence-corrected chi connectivity index (χ2v) is 17.1. The van der Waals surface area contributed by atoms with Gasteiger partial charge in [-0.15, -0.1) is 0 Å². The molecule has 0 saturated heterocycles. The van der Waals surface area contributed by atoms with Crippen molar-refractivity contribution in [1.29, 1.82) is 0 Å². The van der Waals surface area contributed by atoms with E-state index in [4.69, 9.17) is 0 Å². The minimum absolute atomic E-state index is 0.0512. The van der Waals surface area contributed by atoms with E-state index in [1.54, 1.807) is 6.07 Å². The Morgan fingerprint density at radius 2 is 1.80 bits per heavy atom. The van der Waals surface area contributed by atoms with Crippen molar-refractivity contribution in [3.05, 3.63) is 81.9 Å². The van der Waals surface area contributed by atoms with Gasteiger partial charge >= 0.3 is 0 Å². The molecule has 0 aliphatic heterocycles. The predicted octanol–water partition coefficient (Wildman–Crippen LogP) is 6.96. The van der Waals surface area contributed by atoms with Crippen LogP contribution in [0.25, 0.3) is 0 Å². The number of hydrogen-bond donors (Lipinski definition) is 4. The summed E-state index contributed by atoms with van der Waals surface area (Å²) in [4.78, 5) is 16.4. The van der Waals surface area contributed by atoms with Gasteiger partial charge in [-0.05, 0) is 136 Å². The van der Waals surface area contributed by atoms with Gasteiger partial charge < -0.3 is 20.4 Å². The number of carbonyl (C=O) groups excluding carboxylic acids is 1. The quantitative estimate of drug-likeness (QED) is 0.167. The molecule has 0 amide bonds. The van der Waals surface area contributed by atoms with Crippen LogP contribution in [0.3, 0.4) is 0 Å². The molecule has 2 aromatic carbocycles. The van der Waals surface area contributed by atoms with Crippen LogP contribution in [0.15, 0.2) is 48.0 Å². The molecule has 2 aromatic rings. The van der Waals surface area contributed by atoms with Crippen LogP contribution in [0.2, 0.25) is 0 Å².